The molecular formula is C26H21FN8OS. The van der Waals surface area contributed by atoms with Crippen LogP contribution in [0.5, 0.6) is 0 Å². The molecule has 0 aromatic carbocycles. The summed E-state index contributed by atoms with van der Waals surface area (Å²) in [4.78, 5) is 21.1. The van der Waals surface area contributed by atoms with E-state index in [-0.39, 0.29) is 17.0 Å². The topological polar surface area (TPSA) is 128 Å². The molecule has 1 aliphatic carbocycles. The van der Waals surface area contributed by atoms with Gasteiger partial charge in [0.15, 0.2) is 11.6 Å². The van der Waals surface area contributed by atoms with Crippen LogP contribution in [0.15, 0.2) is 53.7 Å². The summed E-state index contributed by atoms with van der Waals surface area (Å²) < 4.78 is 16.0. The van der Waals surface area contributed by atoms with Crippen molar-refractivity contribution >= 4 is 39.0 Å². The second-order valence-electron chi connectivity index (χ2n) is 9.18. The van der Waals surface area contributed by atoms with Crippen LogP contribution in [0.25, 0.3) is 56.0 Å². The maximum absolute atomic E-state index is 16.0. The van der Waals surface area contributed by atoms with Gasteiger partial charge in [0.2, 0.25) is 0 Å². The summed E-state index contributed by atoms with van der Waals surface area (Å²) in [6.07, 6.45) is 8.88. The fourth-order valence-electron chi connectivity index (χ4n) is 4.70. The zero-order valence-corrected chi connectivity index (χ0v) is 20.3. The van der Waals surface area contributed by atoms with Crippen molar-refractivity contribution in [2.75, 3.05) is 5.32 Å². The molecule has 6 aromatic rings. The number of aliphatic hydroxyl groups is 1. The number of rotatable bonds is 6. The van der Waals surface area contributed by atoms with Crippen molar-refractivity contribution in [3.63, 3.8) is 0 Å². The van der Waals surface area contributed by atoms with Crippen LogP contribution in [-0.4, -0.2) is 46.5 Å². The Morgan fingerprint density at radius 1 is 1.05 bits per heavy atom. The quantitative estimate of drug-likeness (QED) is 0.221. The molecule has 1 fully saturated rings. The number of fused-ring (bicyclic) bond motifs is 2. The molecular weight excluding hydrogens is 491 g/mol. The Hall–Kier alpha value is -4.22. The molecule has 0 saturated heterocycles. The third-order valence-electron chi connectivity index (χ3n) is 6.89. The first-order valence-corrected chi connectivity index (χ1v) is 12.9. The van der Waals surface area contributed by atoms with Crippen molar-refractivity contribution in [1.29, 1.82) is 0 Å². The van der Waals surface area contributed by atoms with E-state index in [4.69, 9.17) is 4.98 Å². The van der Waals surface area contributed by atoms with Crippen molar-refractivity contribution in [3.8, 4) is 34.0 Å². The van der Waals surface area contributed by atoms with Crippen LogP contribution in [-0.2, 0) is 0 Å². The minimum atomic E-state index is -0.659. The molecule has 1 aliphatic rings. The summed E-state index contributed by atoms with van der Waals surface area (Å²) in [5, 5.41) is 25.0. The minimum Gasteiger partial charge on any atom is -0.374 e. The van der Waals surface area contributed by atoms with Crippen LogP contribution < -0.4 is 5.32 Å². The molecule has 0 amide bonds. The fraction of sp³-hybridized carbons (Fsp3) is 0.192. The number of anilines is 1. The summed E-state index contributed by atoms with van der Waals surface area (Å²) in [6, 6.07) is 5.57. The van der Waals surface area contributed by atoms with Gasteiger partial charge in [-0.1, -0.05) is 6.42 Å². The SMILES string of the molecule is OC(Nc1cncc(-c2ncc3[nH]nc(-c4nc5c(-c6ccsc6)nccc5[nH]4)c3c2F)c1)C1CCC1. The van der Waals surface area contributed by atoms with Gasteiger partial charge in [0.25, 0.3) is 0 Å². The van der Waals surface area contributed by atoms with Gasteiger partial charge in [0, 0.05) is 34.8 Å². The van der Waals surface area contributed by atoms with Crippen LogP contribution >= 0.6 is 11.3 Å². The van der Waals surface area contributed by atoms with E-state index in [0.29, 0.717) is 33.8 Å². The van der Waals surface area contributed by atoms with Gasteiger partial charge < -0.3 is 15.4 Å². The van der Waals surface area contributed by atoms with E-state index >= 15 is 4.39 Å². The number of nitrogens with one attached hydrogen (secondary N) is 3. The highest BCUT2D eigenvalue weighted by Gasteiger charge is 2.26. The molecule has 0 radical (unpaired) electrons. The normalized spacial score (nSPS) is 14.8. The van der Waals surface area contributed by atoms with Gasteiger partial charge in [0.05, 0.1) is 40.2 Å². The van der Waals surface area contributed by atoms with Gasteiger partial charge >= 0.3 is 0 Å². The predicted molar refractivity (Wildman–Crippen MR) is 140 cm³/mol. The number of nitrogens with zero attached hydrogens (tertiary/aromatic N) is 5. The molecule has 4 N–H and O–H groups in total. The number of aromatic nitrogens is 7. The van der Waals surface area contributed by atoms with Crippen molar-refractivity contribution in [3.05, 3.63) is 59.6 Å². The summed E-state index contributed by atoms with van der Waals surface area (Å²) in [5.41, 5.74) is 5.25. The maximum Gasteiger partial charge on any atom is 0.161 e. The average molecular weight is 513 g/mol. The van der Waals surface area contributed by atoms with Gasteiger partial charge in [-0.2, -0.15) is 16.4 Å². The van der Waals surface area contributed by atoms with E-state index in [1.54, 1.807) is 42.2 Å². The van der Waals surface area contributed by atoms with Crippen LogP contribution in [0.1, 0.15) is 19.3 Å². The summed E-state index contributed by atoms with van der Waals surface area (Å²) >= 11 is 1.58. The van der Waals surface area contributed by atoms with Crippen LogP contribution in [0.4, 0.5) is 10.1 Å². The highest BCUT2D eigenvalue weighted by Crippen LogP contribution is 2.35. The number of aromatic amines is 2. The molecule has 0 bridgehead atoms. The van der Waals surface area contributed by atoms with Crippen molar-refractivity contribution < 1.29 is 9.50 Å². The lowest BCUT2D eigenvalue weighted by atomic mass is 9.84. The Morgan fingerprint density at radius 3 is 2.78 bits per heavy atom. The number of hydrogen-bond donors (Lipinski definition) is 4. The van der Waals surface area contributed by atoms with E-state index in [1.165, 1.54) is 0 Å². The second-order valence-corrected chi connectivity index (χ2v) is 9.96. The Kier molecular flexibility index (Phi) is 5.18. The van der Waals surface area contributed by atoms with E-state index in [1.807, 2.05) is 22.9 Å². The van der Waals surface area contributed by atoms with E-state index in [0.717, 1.165) is 36.0 Å². The predicted octanol–water partition coefficient (Wildman–Crippen LogP) is 5.36. The number of aliphatic hydroxyl groups excluding tert-OH is 1. The standard InChI is InChI=1S/C26H21FN8OS/c27-20-19-18(11-30-21(20)15-8-16(10-28-9-15)31-26(36)13-2-1-3-13)34-35-24(19)25-32-17-4-6-29-22(23(17)33-25)14-5-7-37-12-14/h4-13,26,31,36H,1-3H2,(H,32,33)(H,34,35). The molecule has 6 aromatic heterocycles. The highest BCUT2D eigenvalue weighted by molar-refractivity contribution is 7.08. The molecule has 6 heterocycles. The number of imidazole rings is 1. The molecule has 37 heavy (non-hydrogen) atoms. The van der Waals surface area contributed by atoms with E-state index < -0.39 is 12.0 Å². The fourth-order valence-corrected chi connectivity index (χ4v) is 5.34. The second kappa shape index (κ2) is 8.71. The Balaban J connectivity index is 1.30. The zero-order chi connectivity index (χ0) is 24.9. The number of halogens is 1. The minimum absolute atomic E-state index is 0.140. The Labute approximate surface area is 213 Å². The number of hydrogen-bond acceptors (Lipinski definition) is 8. The molecule has 1 unspecified atom stereocenters. The lowest BCUT2D eigenvalue weighted by Crippen LogP contribution is -2.33. The first kappa shape index (κ1) is 22.0. The van der Waals surface area contributed by atoms with Gasteiger partial charge in [-0.05, 0) is 36.4 Å². The third-order valence-corrected chi connectivity index (χ3v) is 7.57. The summed E-state index contributed by atoms with van der Waals surface area (Å²) in [7, 11) is 0. The maximum atomic E-state index is 16.0. The van der Waals surface area contributed by atoms with Crippen LogP contribution in [0.3, 0.4) is 0 Å². The molecule has 9 nitrogen and oxygen atoms in total. The third kappa shape index (κ3) is 3.74. The highest BCUT2D eigenvalue weighted by atomic mass is 32.1. The zero-order valence-electron chi connectivity index (χ0n) is 19.4. The summed E-state index contributed by atoms with van der Waals surface area (Å²) in [5.74, 6) is 0.123. The van der Waals surface area contributed by atoms with Crippen molar-refractivity contribution in [2.24, 2.45) is 5.92 Å². The van der Waals surface area contributed by atoms with Crippen molar-refractivity contribution in [1.82, 2.24) is 35.1 Å². The summed E-state index contributed by atoms with van der Waals surface area (Å²) in [6.45, 7) is 0. The molecule has 0 spiro atoms. The number of H-pyrrole nitrogens is 2. The smallest absolute Gasteiger partial charge is 0.161 e. The molecule has 1 saturated carbocycles. The van der Waals surface area contributed by atoms with Gasteiger partial charge in [-0.25, -0.2) is 9.37 Å². The molecule has 0 aliphatic heterocycles. The monoisotopic (exact) mass is 512 g/mol. The molecule has 11 heteroatoms. The van der Waals surface area contributed by atoms with Gasteiger partial charge in [0.1, 0.15) is 23.1 Å². The van der Waals surface area contributed by atoms with E-state index in [2.05, 4.69) is 35.5 Å². The first-order chi connectivity index (χ1) is 18.2. The first-order valence-electron chi connectivity index (χ1n) is 12.0. The lowest BCUT2D eigenvalue weighted by Gasteiger charge is -2.31. The Morgan fingerprint density at radius 2 is 1.97 bits per heavy atom. The largest absolute Gasteiger partial charge is 0.374 e. The molecule has 1 atom stereocenters. The molecule has 7 rings (SSSR count). The van der Waals surface area contributed by atoms with Crippen LogP contribution in [0.2, 0.25) is 0 Å². The number of pyridine rings is 3. The Bertz CT molecular complexity index is 1740. The lowest BCUT2D eigenvalue weighted by molar-refractivity contribution is 0.0851. The average Bonchev–Trinajstić information content (AvgIpc) is 3.62. The van der Waals surface area contributed by atoms with Crippen LogP contribution in [0, 0.1) is 11.7 Å². The molecule has 184 valence electrons. The van der Waals surface area contributed by atoms with Gasteiger partial charge in [-0.3, -0.25) is 20.1 Å². The number of thiophene rings is 1. The van der Waals surface area contributed by atoms with Crippen molar-refractivity contribution in [2.45, 2.75) is 25.5 Å². The van der Waals surface area contributed by atoms with Gasteiger partial charge in [-0.15, -0.1) is 0 Å². The van der Waals surface area contributed by atoms with E-state index in [9.17, 15) is 5.11 Å².